The van der Waals surface area contributed by atoms with Gasteiger partial charge >= 0.3 is 12.1 Å². The van der Waals surface area contributed by atoms with Crippen molar-refractivity contribution in [3.8, 4) is 5.69 Å². The number of benzene rings is 1. The summed E-state index contributed by atoms with van der Waals surface area (Å²) in [5.74, 6) is -4.30. The first-order chi connectivity index (χ1) is 13.4. The number of carbonyl (C=O) groups excluding carboxylic acids is 1. The number of ether oxygens (including phenoxy) is 1. The minimum absolute atomic E-state index is 0.0759. The number of hydrogen-bond acceptors (Lipinski definition) is 2. The van der Waals surface area contributed by atoms with E-state index < -0.39 is 58.2 Å². The van der Waals surface area contributed by atoms with Gasteiger partial charge in [0.1, 0.15) is 17.5 Å². The maximum atomic E-state index is 14.7. The first kappa shape index (κ1) is 21.4. The van der Waals surface area contributed by atoms with E-state index >= 15 is 0 Å². The van der Waals surface area contributed by atoms with Gasteiger partial charge in [-0.2, -0.15) is 13.2 Å². The molecule has 1 aromatic carbocycles. The van der Waals surface area contributed by atoms with Crippen LogP contribution in [0.5, 0.6) is 0 Å². The number of rotatable bonds is 5. The van der Waals surface area contributed by atoms with Crippen molar-refractivity contribution in [3.63, 3.8) is 0 Å². The van der Waals surface area contributed by atoms with E-state index in [1.54, 1.807) is 38.4 Å². The first-order valence-corrected chi connectivity index (χ1v) is 9.03. The lowest BCUT2D eigenvalue weighted by Gasteiger charge is -2.11. The smallest absolute Gasteiger partial charge is 0.426 e. The molecule has 1 heterocycles. The molecule has 3 rings (SSSR count). The fourth-order valence-corrected chi connectivity index (χ4v) is 3.47. The van der Waals surface area contributed by atoms with Gasteiger partial charge in [0.2, 0.25) is 0 Å². The van der Waals surface area contributed by atoms with Gasteiger partial charge in [-0.25, -0.2) is 8.78 Å². The molecule has 1 aromatic heterocycles. The van der Waals surface area contributed by atoms with Crippen LogP contribution in [-0.4, -0.2) is 16.7 Å². The third-order valence-electron chi connectivity index (χ3n) is 5.17. The molecule has 3 nitrogen and oxygen atoms in total. The van der Waals surface area contributed by atoms with Gasteiger partial charge < -0.3 is 9.30 Å². The molecule has 0 spiro atoms. The second-order valence-corrected chi connectivity index (χ2v) is 7.80. The zero-order valence-corrected chi connectivity index (χ0v) is 16.2. The highest BCUT2D eigenvalue weighted by atomic mass is 35.5. The number of halogens is 6. The molecule has 2 unspecified atom stereocenters. The van der Waals surface area contributed by atoms with Crippen LogP contribution in [0.3, 0.4) is 0 Å². The Balaban J connectivity index is 1.74. The van der Waals surface area contributed by atoms with Crippen LogP contribution in [0.25, 0.3) is 5.69 Å². The molecule has 1 saturated carbocycles. The first-order valence-electron chi connectivity index (χ1n) is 8.66. The second-order valence-electron chi connectivity index (χ2n) is 7.39. The van der Waals surface area contributed by atoms with Crippen LogP contribution in [0.4, 0.5) is 22.0 Å². The maximum absolute atomic E-state index is 14.7. The normalized spacial score (nSPS) is 21.2. The zero-order valence-electron chi connectivity index (χ0n) is 15.4. The Labute approximate surface area is 168 Å². The minimum Gasteiger partial charge on any atom is -0.460 e. The van der Waals surface area contributed by atoms with Crippen LogP contribution in [0, 0.1) is 28.9 Å². The highest BCUT2D eigenvalue weighted by Gasteiger charge is 2.62. The second kappa shape index (κ2) is 7.48. The minimum atomic E-state index is -4.71. The fraction of sp³-hybridized carbons (Fsp3) is 0.350. The summed E-state index contributed by atoms with van der Waals surface area (Å²) in [5, 5.41) is -1.32. The lowest BCUT2D eigenvalue weighted by atomic mass is 10.1. The molecule has 1 fully saturated rings. The summed E-state index contributed by atoms with van der Waals surface area (Å²) >= 11 is 5.25. The van der Waals surface area contributed by atoms with E-state index in [1.165, 1.54) is 10.6 Å². The molecular formula is C20H17ClF5NO2. The molecule has 1 aliphatic carbocycles. The van der Waals surface area contributed by atoms with Gasteiger partial charge in [0.15, 0.2) is 5.82 Å². The molecule has 9 heteroatoms. The van der Waals surface area contributed by atoms with Crippen LogP contribution < -0.4 is 0 Å². The van der Waals surface area contributed by atoms with Gasteiger partial charge in [-0.15, -0.1) is 0 Å². The average Bonchev–Trinajstić information content (AvgIpc) is 2.98. The SMILES string of the molecule is CC1(C)C(C=C(Cl)C(F)(F)F)C1C(=O)OCc1c(F)ccc(-n2cccc2)c1F. The van der Waals surface area contributed by atoms with E-state index in [2.05, 4.69) is 0 Å². The Morgan fingerprint density at radius 2 is 1.86 bits per heavy atom. The lowest BCUT2D eigenvalue weighted by molar-refractivity contribution is -0.147. The summed E-state index contributed by atoms with van der Waals surface area (Å²) in [6.45, 7) is 2.50. The van der Waals surface area contributed by atoms with E-state index in [0.717, 1.165) is 12.1 Å². The highest BCUT2D eigenvalue weighted by molar-refractivity contribution is 6.30. The number of alkyl halides is 3. The van der Waals surface area contributed by atoms with Crippen LogP contribution in [0.15, 0.2) is 47.8 Å². The van der Waals surface area contributed by atoms with Gasteiger partial charge in [-0.3, -0.25) is 4.79 Å². The van der Waals surface area contributed by atoms with Crippen molar-refractivity contribution in [3.05, 3.63) is 65.0 Å². The molecule has 29 heavy (non-hydrogen) atoms. The summed E-state index contributed by atoms with van der Waals surface area (Å²) in [5.41, 5.74) is -1.18. The molecule has 0 radical (unpaired) electrons. The van der Waals surface area contributed by atoms with E-state index in [9.17, 15) is 26.7 Å². The largest absolute Gasteiger partial charge is 0.460 e. The molecule has 1 aliphatic rings. The average molecular weight is 434 g/mol. The van der Waals surface area contributed by atoms with Crippen molar-refractivity contribution in [2.75, 3.05) is 0 Å². The number of allylic oxidation sites excluding steroid dienone is 2. The van der Waals surface area contributed by atoms with Gasteiger partial charge in [0.25, 0.3) is 0 Å². The summed E-state index contributed by atoms with van der Waals surface area (Å²) in [6.07, 6.45) is -0.790. The molecular weight excluding hydrogens is 417 g/mol. The summed E-state index contributed by atoms with van der Waals surface area (Å²) < 4.78 is 73.1. The third-order valence-corrected chi connectivity index (χ3v) is 5.51. The molecule has 2 atom stereocenters. The topological polar surface area (TPSA) is 31.2 Å². The van der Waals surface area contributed by atoms with Crippen molar-refractivity contribution in [2.24, 2.45) is 17.3 Å². The Hall–Kier alpha value is -2.35. The van der Waals surface area contributed by atoms with Crippen molar-refractivity contribution < 1.29 is 31.5 Å². The molecule has 0 saturated heterocycles. The van der Waals surface area contributed by atoms with Crippen LogP contribution in [-0.2, 0) is 16.1 Å². The van der Waals surface area contributed by atoms with Gasteiger partial charge in [0.05, 0.1) is 17.2 Å². The predicted molar refractivity (Wildman–Crippen MR) is 96.2 cm³/mol. The van der Waals surface area contributed by atoms with Crippen LogP contribution in [0.1, 0.15) is 19.4 Å². The van der Waals surface area contributed by atoms with E-state index in [0.29, 0.717) is 0 Å². The van der Waals surface area contributed by atoms with E-state index in [1.807, 2.05) is 0 Å². The number of esters is 1. The van der Waals surface area contributed by atoms with Gasteiger partial charge in [-0.05, 0) is 35.6 Å². The standard InChI is InChI=1S/C20H17ClF5NO2/c1-19(2)12(9-15(21)20(24,25)26)16(19)18(28)29-10-11-13(22)5-6-14(17(11)23)27-7-3-4-8-27/h3-9,12,16H,10H2,1-2H3. The molecule has 156 valence electrons. The predicted octanol–water partition coefficient (Wildman–Crippen LogP) is 5.76. The summed E-state index contributed by atoms with van der Waals surface area (Å²) in [4.78, 5) is 12.3. The Morgan fingerprint density at radius 1 is 1.24 bits per heavy atom. The number of aromatic nitrogens is 1. The van der Waals surface area contributed by atoms with Crippen molar-refractivity contribution >= 4 is 17.6 Å². The van der Waals surface area contributed by atoms with Crippen molar-refractivity contribution in [1.29, 1.82) is 0 Å². The van der Waals surface area contributed by atoms with E-state index in [4.69, 9.17) is 16.3 Å². The Morgan fingerprint density at radius 3 is 2.45 bits per heavy atom. The maximum Gasteiger partial charge on any atom is 0.426 e. The molecule has 0 N–H and O–H groups in total. The van der Waals surface area contributed by atoms with Crippen molar-refractivity contribution in [1.82, 2.24) is 4.57 Å². The Kier molecular flexibility index (Phi) is 5.51. The lowest BCUT2D eigenvalue weighted by Crippen LogP contribution is -2.13. The Bertz CT molecular complexity index is 951. The van der Waals surface area contributed by atoms with Gasteiger partial charge in [0, 0.05) is 12.4 Å². The molecule has 0 bridgehead atoms. The monoisotopic (exact) mass is 433 g/mol. The summed E-state index contributed by atoms with van der Waals surface area (Å²) in [6, 6.07) is 5.63. The van der Waals surface area contributed by atoms with Crippen LogP contribution >= 0.6 is 11.6 Å². The fourth-order valence-electron chi connectivity index (χ4n) is 3.34. The third kappa shape index (κ3) is 4.17. The van der Waals surface area contributed by atoms with Crippen LogP contribution in [0.2, 0.25) is 0 Å². The number of carbonyl (C=O) groups is 1. The zero-order chi connectivity index (χ0) is 21.6. The van der Waals surface area contributed by atoms with Crippen molar-refractivity contribution in [2.45, 2.75) is 26.6 Å². The number of nitrogens with zero attached hydrogens (tertiary/aromatic N) is 1. The molecule has 2 aromatic rings. The molecule has 0 amide bonds. The van der Waals surface area contributed by atoms with Gasteiger partial charge in [-0.1, -0.05) is 31.5 Å². The summed E-state index contributed by atoms with van der Waals surface area (Å²) in [7, 11) is 0. The molecule has 0 aliphatic heterocycles. The quantitative estimate of drug-likeness (QED) is 0.443. The number of hydrogen-bond donors (Lipinski definition) is 0. The van der Waals surface area contributed by atoms with E-state index in [-0.39, 0.29) is 5.69 Å². The highest BCUT2D eigenvalue weighted by Crippen LogP contribution is 2.60.